The van der Waals surface area contributed by atoms with Gasteiger partial charge in [0.2, 0.25) is 0 Å². The summed E-state index contributed by atoms with van der Waals surface area (Å²) in [4.78, 5) is 51.9. The minimum absolute atomic E-state index is 0.222. The highest BCUT2D eigenvalue weighted by Gasteiger charge is 2.29. The second-order valence-corrected chi connectivity index (χ2v) is 8.99. The van der Waals surface area contributed by atoms with Crippen molar-refractivity contribution in [2.45, 2.75) is 25.7 Å². The lowest BCUT2D eigenvalue weighted by Gasteiger charge is -2.18. The van der Waals surface area contributed by atoms with E-state index in [-0.39, 0.29) is 17.1 Å². The molecule has 0 saturated heterocycles. The van der Waals surface area contributed by atoms with Crippen LogP contribution in [0.2, 0.25) is 0 Å². The fourth-order valence-corrected chi connectivity index (χ4v) is 5.32. The van der Waals surface area contributed by atoms with E-state index in [0.29, 0.717) is 27.3 Å². The molecule has 0 atom stereocenters. The zero-order valence-electron chi connectivity index (χ0n) is 17.1. The van der Waals surface area contributed by atoms with E-state index in [1.54, 1.807) is 30.3 Å². The summed E-state index contributed by atoms with van der Waals surface area (Å²) in [5, 5.41) is 2.63. The number of hydrogen-bond acceptors (Lipinski definition) is 6. The molecule has 0 bridgehead atoms. The van der Waals surface area contributed by atoms with Crippen molar-refractivity contribution in [2.75, 3.05) is 11.9 Å². The molecule has 0 radical (unpaired) electrons. The third kappa shape index (κ3) is 3.65. The molecule has 0 fully saturated rings. The summed E-state index contributed by atoms with van der Waals surface area (Å²) in [6.45, 7) is -0.436. The van der Waals surface area contributed by atoms with Gasteiger partial charge in [0.1, 0.15) is 4.88 Å². The summed E-state index contributed by atoms with van der Waals surface area (Å²) in [6.07, 6.45) is 4.22. The average molecular weight is 445 g/mol. The number of nitrogens with one attached hydrogen (secondary N) is 1. The van der Waals surface area contributed by atoms with Crippen molar-refractivity contribution in [3.8, 4) is 0 Å². The van der Waals surface area contributed by atoms with E-state index < -0.39 is 18.5 Å². The molecule has 160 valence electrons. The van der Waals surface area contributed by atoms with Gasteiger partial charge in [0.25, 0.3) is 5.91 Å². The standard InChI is InChI=1S/C25H19NO5S/c27-22(13-31-25(30)21-11-14-5-1-4-8-20(14)32-21)26-15-9-10-18-19(12-15)24(29)17-7-3-2-6-16(17)23(18)28/h2-3,6-7,9-12H,1,4-5,8,13H2,(H,26,27). The monoisotopic (exact) mass is 445 g/mol. The maximum absolute atomic E-state index is 12.8. The van der Waals surface area contributed by atoms with Gasteiger partial charge in [-0.1, -0.05) is 24.3 Å². The Morgan fingerprint density at radius 3 is 2.31 bits per heavy atom. The topological polar surface area (TPSA) is 89.5 Å². The summed E-state index contributed by atoms with van der Waals surface area (Å²) in [5.41, 5.74) is 2.84. The molecule has 1 heterocycles. The van der Waals surface area contributed by atoms with Gasteiger partial charge >= 0.3 is 5.97 Å². The van der Waals surface area contributed by atoms with Crippen LogP contribution in [0.25, 0.3) is 0 Å². The van der Waals surface area contributed by atoms with Crippen molar-refractivity contribution in [3.05, 3.63) is 86.1 Å². The van der Waals surface area contributed by atoms with Crippen molar-refractivity contribution >= 4 is 40.5 Å². The fraction of sp³-hybridized carbons (Fsp3) is 0.200. The van der Waals surface area contributed by atoms with E-state index in [2.05, 4.69) is 5.32 Å². The number of anilines is 1. The molecule has 5 rings (SSSR count). The Morgan fingerprint density at radius 2 is 1.56 bits per heavy atom. The van der Waals surface area contributed by atoms with Crippen LogP contribution in [0.5, 0.6) is 0 Å². The molecule has 2 aromatic carbocycles. The third-order valence-electron chi connectivity index (χ3n) is 5.74. The minimum Gasteiger partial charge on any atom is -0.451 e. The lowest BCUT2D eigenvalue weighted by molar-refractivity contribution is -0.119. The van der Waals surface area contributed by atoms with Crippen molar-refractivity contribution in [1.29, 1.82) is 0 Å². The summed E-state index contributed by atoms with van der Waals surface area (Å²) in [6, 6.07) is 13.1. The van der Waals surface area contributed by atoms with E-state index in [9.17, 15) is 19.2 Å². The van der Waals surface area contributed by atoms with Crippen LogP contribution < -0.4 is 5.32 Å². The van der Waals surface area contributed by atoms with Gasteiger partial charge in [-0.05, 0) is 55.5 Å². The first-order chi connectivity index (χ1) is 15.5. The molecule has 2 aliphatic rings. The number of hydrogen-bond donors (Lipinski definition) is 1. The zero-order chi connectivity index (χ0) is 22.2. The van der Waals surface area contributed by atoms with Gasteiger partial charge in [-0.3, -0.25) is 14.4 Å². The molecule has 0 saturated carbocycles. The largest absolute Gasteiger partial charge is 0.451 e. The molecule has 6 nitrogen and oxygen atoms in total. The van der Waals surface area contributed by atoms with Gasteiger partial charge in [0.05, 0.1) is 0 Å². The van der Waals surface area contributed by atoms with Crippen LogP contribution >= 0.6 is 11.3 Å². The quantitative estimate of drug-likeness (QED) is 0.476. The van der Waals surface area contributed by atoms with Crippen LogP contribution in [-0.4, -0.2) is 30.0 Å². The molecule has 0 unspecified atom stereocenters. The third-order valence-corrected chi connectivity index (χ3v) is 6.96. The molecule has 0 aliphatic heterocycles. The Hall–Kier alpha value is -3.58. The molecule has 3 aromatic rings. The summed E-state index contributed by atoms with van der Waals surface area (Å²) >= 11 is 1.43. The highest BCUT2D eigenvalue weighted by Crippen LogP contribution is 2.31. The number of thiophene rings is 1. The van der Waals surface area contributed by atoms with Crippen LogP contribution in [0.1, 0.15) is 64.8 Å². The van der Waals surface area contributed by atoms with E-state index in [0.717, 1.165) is 25.7 Å². The van der Waals surface area contributed by atoms with Crippen molar-refractivity contribution in [3.63, 3.8) is 0 Å². The molecule has 1 aromatic heterocycles. The number of carbonyl (C=O) groups excluding carboxylic acids is 4. The molecule has 0 spiro atoms. The van der Waals surface area contributed by atoms with Crippen LogP contribution in [0, 0.1) is 0 Å². The molecule has 2 aliphatic carbocycles. The first-order valence-corrected chi connectivity index (χ1v) is 11.2. The van der Waals surface area contributed by atoms with Gasteiger partial charge in [-0.2, -0.15) is 0 Å². The van der Waals surface area contributed by atoms with Gasteiger partial charge in [-0.15, -0.1) is 11.3 Å². The van der Waals surface area contributed by atoms with Crippen LogP contribution in [-0.2, 0) is 22.4 Å². The average Bonchev–Trinajstić information content (AvgIpc) is 3.25. The Labute approximate surface area is 188 Å². The van der Waals surface area contributed by atoms with Gasteiger partial charge in [0.15, 0.2) is 18.2 Å². The molecule has 1 N–H and O–H groups in total. The molecule has 32 heavy (non-hydrogen) atoms. The second-order valence-electron chi connectivity index (χ2n) is 7.85. The van der Waals surface area contributed by atoms with Gasteiger partial charge < -0.3 is 10.1 Å². The number of benzene rings is 2. The number of rotatable bonds is 4. The lowest BCUT2D eigenvalue weighted by atomic mass is 9.84. The molecular formula is C25H19NO5S. The number of aryl methyl sites for hydroxylation is 2. The Bertz CT molecular complexity index is 1270. The predicted octanol–water partition coefficient (Wildman–Crippen LogP) is 4.20. The molecular weight excluding hydrogens is 426 g/mol. The number of ether oxygens (including phenoxy) is 1. The van der Waals surface area contributed by atoms with E-state index in [1.165, 1.54) is 33.9 Å². The van der Waals surface area contributed by atoms with Crippen molar-refractivity contribution in [1.82, 2.24) is 0 Å². The van der Waals surface area contributed by atoms with Crippen molar-refractivity contribution in [2.24, 2.45) is 0 Å². The highest BCUT2D eigenvalue weighted by atomic mass is 32.1. The van der Waals surface area contributed by atoms with Crippen molar-refractivity contribution < 1.29 is 23.9 Å². The number of amides is 1. The normalized spacial score (nSPS) is 14.2. The van der Waals surface area contributed by atoms with Gasteiger partial charge in [0, 0.05) is 32.8 Å². The maximum atomic E-state index is 12.8. The molecule has 7 heteroatoms. The molecule has 1 amide bonds. The predicted molar refractivity (Wildman–Crippen MR) is 120 cm³/mol. The second kappa shape index (κ2) is 8.16. The number of carbonyl (C=O) groups is 4. The summed E-state index contributed by atoms with van der Waals surface area (Å²) < 4.78 is 5.18. The summed E-state index contributed by atoms with van der Waals surface area (Å²) in [7, 11) is 0. The number of ketones is 2. The number of fused-ring (bicyclic) bond motifs is 3. The van der Waals surface area contributed by atoms with Crippen LogP contribution in [0.15, 0.2) is 48.5 Å². The fourth-order valence-electron chi connectivity index (χ4n) is 4.17. The van der Waals surface area contributed by atoms with Gasteiger partial charge in [-0.25, -0.2) is 4.79 Å². The van der Waals surface area contributed by atoms with E-state index in [4.69, 9.17) is 4.74 Å². The zero-order valence-corrected chi connectivity index (χ0v) is 17.9. The van der Waals surface area contributed by atoms with E-state index in [1.807, 2.05) is 6.07 Å². The Kier molecular flexibility index (Phi) is 5.19. The van der Waals surface area contributed by atoms with Crippen LogP contribution in [0.3, 0.4) is 0 Å². The maximum Gasteiger partial charge on any atom is 0.348 e. The minimum atomic E-state index is -0.519. The SMILES string of the molecule is O=C(COC(=O)c1cc2c(s1)CCCC2)Nc1ccc2c(c1)C(=O)c1ccccc1C2=O. The number of esters is 1. The van der Waals surface area contributed by atoms with E-state index >= 15 is 0 Å². The Morgan fingerprint density at radius 1 is 0.875 bits per heavy atom. The first-order valence-electron chi connectivity index (χ1n) is 10.4. The Balaban J connectivity index is 1.25. The van der Waals surface area contributed by atoms with Crippen LogP contribution in [0.4, 0.5) is 5.69 Å². The first kappa shape index (κ1) is 20.3. The lowest BCUT2D eigenvalue weighted by Crippen LogP contribution is -2.23. The highest BCUT2D eigenvalue weighted by molar-refractivity contribution is 7.14. The summed E-state index contributed by atoms with van der Waals surface area (Å²) in [5.74, 6) is -1.52. The smallest absolute Gasteiger partial charge is 0.348 e.